The van der Waals surface area contributed by atoms with Gasteiger partial charge in [-0.3, -0.25) is 4.79 Å². The number of rotatable bonds is 7. The van der Waals surface area contributed by atoms with Gasteiger partial charge in [0.1, 0.15) is 0 Å². The van der Waals surface area contributed by atoms with Gasteiger partial charge in [-0.05, 0) is 6.42 Å². The highest BCUT2D eigenvalue weighted by Gasteiger charge is 2.13. The van der Waals surface area contributed by atoms with Gasteiger partial charge >= 0.3 is 0 Å². The molecule has 1 saturated heterocycles. The molecule has 4 nitrogen and oxygen atoms in total. The molecular weight excluding hydrogens is 214 g/mol. The Morgan fingerprint density at radius 2 is 2.00 bits per heavy atom. The number of nitrogens with one attached hydrogen (secondary N) is 1. The van der Waals surface area contributed by atoms with Crippen LogP contribution < -0.4 is 5.32 Å². The smallest absolute Gasteiger partial charge is 0.223 e. The van der Waals surface area contributed by atoms with E-state index >= 15 is 0 Å². The second kappa shape index (κ2) is 8.48. The van der Waals surface area contributed by atoms with E-state index in [1.54, 1.807) is 0 Å². The molecule has 1 aliphatic rings. The second-order valence-corrected chi connectivity index (χ2v) is 4.86. The normalized spacial score (nSPS) is 17.1. The zero-order chi connectivity index (χ0) is 12.5. The molecule has 0 aliphatic carbocycles. The van der Waals surface area contributed by atoms with Crippen LogP contribution in [0.1, 0.15) is 32.6 Å². The SMILES string of the molecule is CCCCCN(C)C(=O)CCN1CCNCC1. The summed E-state index contributed by atoms with van der Waals surface area (Å²) >= 11 is 0. The van der Waals surface area contributed by atoms with E-state index in [1.165, 1.54) is 12.8 Å². The van der Waals surface area contributed by atoms with Gasteiger partial charge < -0.3 is 15.1 Å². The third-order valence-corrected chi connectivity index (χ3v) is 3.37. The van der Waals surface area contributed by atoms with Crippen LogP contribution in [-0.4, -0.2) is 62.0 Å². The summed E-state index contributed by atoms with van der Waals surface area (Å²) in [5, 5.41) is 3.32. The third-order valence-electron chi connectivity index (χ3n) is 3.37. The number of hydrogen-bond donors (Lipinski definition) is 1. The summed E-state index contributed by atoms with van der Waals surface area (Å²) in [5.74, 6) is 0.291. The van der Waals surface area contributed by atoms with Crippen molar-refractivity contribution in [3.8, 4) is 0 Å². The first-order valence-electron chi connectivity index (χ1n) is 6.91. The molecule has 17 heavy (non-hydrogen) atoms. The Morgan fingerprint density at radius 3 is 2.65 bits per heavy atom. The third kappa shape index (κ3) is 6.03. The topological polar surface area (TPSA) is 35.6 Å². The fourth-order valence-corrected chi connectivity index (χ4v) is 2.10. The molecule has 0 aromatic rings. The Balaban J connectivity index is 2.10. The molecule has 0 unspecified atom stereocenters. The average Bonchev–Trinajstić information content (AvgIpc) is 2.37. The molecule has 0 aromatic carbocycles. The van der Waals surface area contributed by atoms with Gasteiger partial charge in [0.25, 0.3) is 0 Å². The lowest BCUT2D eigenvalue weighted by Gasteiger charge is -2.27. The first-order chi connectivity index (χ1) is 8.24. The number of hydrogen-bond acceptors (Lipinski definition) is 3. The number of amides is 1. The van der Waals surface area contributed by atoms with Gasteiger partial charge in [0, 0.05) is 52.7 Å². The van der Waals surface area contributed by atoms with Gasteiger partial charge in [0.2, 0.25) is 5.91 Å². The molecule has 0 saturated carbocycles. The van der Waals surface area contributed by atoms with Crippen molar-refractivity contribution in [3.05, 3.63) is 0 Å². The van der Waals surface area contributed by atoms with Crippen molar-refractivity contribution in [3.63, 3.8) is 0 Å². The van der Waals surface area contributed by atoms with Gasteiger partial charge in [-0.2, -0.15) is 0 Å². The van der Waals surface area contributed by atoms with Crippen LogP contribution in [0.5, 0.6) is 0 Å². The van der Waals surface area contributed by atoms with E-state index in [2.05, 4.69) is 17.1 Å². The van der Waals surface area contributed by atoms with Crippen molar-refractivity contribution >= 4 is 5.91 Å². The van der Waals surface area contributed by atoms with E-state index in [1.807, 2.05) is 11.9 Å². The summed E-state index contributed by atoms with van der Waals surface area (Å²) < 4.78 is 0. The maximum atomic E-state index is 11.9. The Hall–Kier alpha value is -0.610. The van der Waals surface area contributed by atoms with Gasteiger partial charge in [0.15, 0.2) is 0 Å². The van der Waals surface area contributed by atoms with E-state index in [4.69, 9.17) is 0 Å². The summed E-state index contributed by atoms with van der Waals surface area (Å²) in [6.07, 6.45) is 4.23. The number of carbonyl (C=O) groups excluding carboxylic acids is 1. The minimum Gasteiger partial charge on any atom is -0.346 e. The predicted octanol–water partition coefficient (Wildman–Crippen LogP) is 0.930. The number of carbonyl (C=O) groups is 1. The van der Waals surface area contributed by atoms with Gasteiger partial charge in [-0.15, -0.1) is 0 Å². The quantitative estimate of drug-likeness (QED) is 0.674. The van der Waals surface area contributed by atoms with Crippen LogP contribution in [0.15, 0.2) is 0 Å². The zero-order valence-corrected chi connectivity index (χ0v) is 11.4. The molecule has 1 heterocycles. The van der Waals surface area contributed by atoms with Crippen molar-refractivity contribution in [2.75, 3.05) is 46.3 Å². The number of piperazine rings is 1. The molecular formula is C13H27N3O. The summed E-state index contributed by atoms with van der Waals surface area (Å²) in [6, 6.07) is 0. The van der Waals surface area contributed by atoms with Crippen LogP contribution in [0.2, 0.25) is 0 Å². The van der Waals surface area contributed by atoms with Crippen molar-refractivity contribution in [1.29, 1.82) is 0 Å². The Bertz CT molecular complexity index is 215. The monoisotopic (exact) mass is 241 g/mol. The van der Waals surface area contributed by atoms with Crippen LogP contribution in [0, 0.1) is 0 Å². The molecule has 4 heteroatoms. The van der Waals surface area contributed by atoms with Crippen molar-refractivity contribution in [2.24, 2.45) is 0 Å². The van der Waals surface area contributed by atoms with Crippen molar-refractivity contribution in [1.82, 2.24) is 15.1 Å². The van der Waals surface area contributed by atoms with Gasteiger partial charge in [-0.1, -0.05) is 19.8 Å². The molecule has 1 N–H and O–H groups in total. The molecule has 1 rings (SSSR count). The summed E-state index contributed by atoms with van der Waals surface area (Å²) in [5.41, 5.74) is 0. The summed E-state index contributed by atoms with van der Waals surface area (Å²) in [6.45, 7) is 8.28. The molecule has 0 bridgehead atoms. The highest BCUT2D eigenvalue weighted by atomic mass is 16.2. The second-order valence-electron chi connectivity index (χ2n) is 4.86. The van der Waals surface area contributed by atoms with Crippen LogP contribution in [0.25, 0.3) is 0 Å². The fraction of sp³-hybridized carbons (Fsp3) is 0.923. The first kappa shape index (κ1) is 14.5. The molecule has 100 valence electrons. The van der Waals surface area contributed by atoms with Gasteiger partial charge in [0.05, 0.1) is 0 Å². The molecule has 0 radical (unpaired) electrons. The molecule has 1 aliphatic heterocycles. The largest absolute Gasteiger partial charge is 0.346 e. The lowest BCUT2D eigenvalue weighted by molar-refractivity contribution is -0.130. The lowest BCUT2D eigenvalue weighted by atomic mass is 10.2. The van der Waals surface area contributed by atoms with E-state index in [0.29, 0.717) is 12.3 Å². The highest BCUT2D eigenvalue weighted by molar-refractivity contribution is 5.76. The fourth-order valence-electron chi connectivity index (χ4n) is 2.10. The predicted molar refractivity (Wildman–Crippen MR) is 71.1 cm³/mol. The maximum Gasteiger partial charge on any atom is 0.223 e. The molecule has 1 fully saturated rings. The Labute approximate surface area is 105 Å². The highest BCUT2D eigenvalue weighted by Crippen LogP contribution is 2.00. The van der Waals surface area contributed by atoms with Gasteiger partial charge in [-0.25, -0.2) is 0 Å². The van der Waals surface area contributed by atoms with E-state index < -0.39 is 0 Å². The van der Waals surface area contributed by atoms with E-state index in [-0.39, 0.29) is 0 Å². The lowest BCUT2D eigenvalue weighted by Crippen LogP contribution is -2.44. The maximum absolute atomic E-state index is 11.9. The molecule has 1 amide bonds. The number of nitrogens with zero attached hydrogens (tertiary/aromatic N) is 2. The minimum absolute atomic E-state index is 0.291. The van der Waals surface area contributed by atoms with Crippen molar-refractivity contribution in [2.45, 2.75) is 32.6 Å². The van der Waals surface area contributed by atoms with E-state index in [9.17, 15) is 4.79 Å². The van der Waals surface area contributed by atoms with Crippen LogP contribution in [-0.2, 0) is 4.79 Å². The Morgan fingerprint density at radius 1 is 1.29 bits per heavy atom. The van der Waals surface area contributed by atoms with E-state index in [0.717, 1.165) is 45.7 Å². The minimum atomic E-state index is 0.291. The standard InChI is InChI=1S/C13H27N3O/c1-3-4-5-9-15(2)13(17)6-10-16-11-7-14-8-12-16/h14H,3-12H2,1-2H3. The zero-order valence-electron chi connectivity index (χ0n) is 11.4. The van der Waals surface area contributed by atoms with Crippen LogP contribution in [0.3, 0.4) is 0 Å². The van der Waals surface area contributed by atoms with Crippen LogP contribution in [0.4, 0.5) is 0 Å². The first-order valence-corrected chi connectivity index (χ1v) is 6.91. The summed E-state index contributed by atoms with van der Waals surface area (Å²) in [4.78, 5) is 16.1. The summed E-state index contributed by atoms with van der Waals surface area (Å²) in [7, 11) is 1.93. The van der Waals surface area contributed by atoms with Crippen molar-refractivity contribution < 1.29 is 4.79 Å². The molecule has 0 spiro atoms. The Kier molecular flexibility index (Phi) is 7.21. The molecule has 0 atom stereocenters. The number of unbranched alkanes of at least 4 members (excludes halogenated alkanes) is 2. The average molecular weight is 241 g/mol. The molecule has 0 aromatic heterocycles. The van der Waals surface area contributed by atoms with Crippen LogP contribution >= 0.6 is 0 Å².